The molecule has 53 heavy (non-hydrogen) atoms. The summed E-state index contributed by atoms with van der Waals surface area (Å²) in [5.74, 6) is -0.830. The van der Waals surface area contributed by atoms with E-state index in [9.17, 15) is 22.8 Å². The molecule has 0 saturated carbocycles. The zero-order chi connectivity index (χ0) is 37.4. The maximum absolute atomic E-state index is 15.3. The highest BCUT2D eigenvalue weighted by atomic mass is 19.3. The number of fused-ring (bicyclic) bond motifs is 1. The summed E-state index contributed by atoms with van der Waals surface area (Å²) in [5, 5.41) is 6.23. The van der Waals surface area contributed by atoms with Crippen LogP contribution in [0.15, 0.2) is 66.9 Å². The summed E-state index contributed by atoms with van der Waals surface area (Å²) in [6.45, 7) is 7.49. The van der Waals surface area contributed by atoms with Gasteiger partial charge in [0.1, 0.15) is 23.3 Å². The molecule has 2 aliphatic rings. The first-order valence-corrected chi connectivity index (χ1v) is 17.9. The second kappa shape index (κ2) is 15.0. The van der Waals surface area contributed by atoms with Crippen LogP contribution in [-0.4, -0.2) is 44.8 Å². The molecule has 0 spiro atoms. The fourth-order valence-electron chi connectivity index (χ4n) is 7.65. The summed E-state index contributed by atoms with van der Waals surface area (Å²) >= 11 is 0. The minimum atomic E-state index is -2.94. The average molecular weight is 725 g/mol. The topological polar surface area (TPSA) is 100 Å². The maximum Gasteiger partial charge on any atom is 0.266 e. The lowest BCUT2D eigenvalue weighted by Crippen LogP contribution is -2.39. The van der Waals surface area contributed by atoms with Gasteiger partial charge in [-0.25, -0.2) is 27.5 Å². The number of nitrogens with one attached hydrogen (secondary N) is 2. The molecule has 7 rings (SSSR count). The molecule has 3 aromatic carbocycles. The third kappa shape index (κ3) is 7.64. The van der Waals surface area contributed by atoms with Crippen LogP contribution in [0, 0.1) is 25.5 Å². The number of rotatable bonds is 9. The number of aromatic nitrogens is 3. The standard InChI is InChI=1S/C41H40F4N6O2/c1-22-17-26(31-10-12-37(52)50-41(31)53)7-9-29(22)25-13-15-51(16-14-25)21-28-18-27(8-11-34(28)42)35-19-33-36(20-46-35)48-24(3)49-40(33)47-23(2)30-5-4-6-32(38(30)43)39(44)45/h4-9,11,17-20,23,25,31,39H,10,12-16,21H2,1-3H3,(H,47,48,49)(H,50,52,53). The Labute approximate surface area is 305 Å². The van der Waals surface area contributed by atoms with Crippen LogP contribution in [0.5, 0.6) is 0 Å². The summed E-state index contributed by atoms with van der Waals surface area (Å²) < 4.78 is 57.0. The molecule has 8 nitrogen and oxygen atoms in total. The SMILES string of the molecule is Cc1nc(NC(C)c2cccc(C(F)F)c2F)c2cc(-c3ccc(F)c(CN4CCC(c5ccc(C6CCC(=O)NC6=O)cc5C)CC4)c3)ncc2n1. The fourth-order valence-corrected chi connectivity index (χ4v) is 7.65. The molecule has 0 aliphatic carbocycles. The van der Waals surface area contributed by atoms with E-state index < -0.39 is 23.8 Å². The predicted octanol–water partition coefficient (Wildman–Crippen LogP) is 8.60. The zero-order valence-electron chi connectivity index (χ0n) is 29.7. The first-order valence-electron chi connectivity index (χ1n) is 17.9. The van der Waals surface area contributed by atoms with Gasteiger partial charge in [0.15, 0.2) is 0 Å². The first-order chi connectivity index (χ1) is 25.4. The van der Waals surface area contributed by atoms with Gasteiger partial charge in [0.2, 0.25) is 11.8 Å². The van der Waals surface area contributed by atoms with E-state index in [0.717, 1.165) is 43.1 Å². The Hall–Kier alpha value is -5.23. The van der Waals surface area contributed by atoms with Crippen LogP contribution in [-0.2, 0) is 16.1 Å². The van der Waals surface area contributed by atoms with Gasteiger partial charge in [-0.3, -0.25) is 24.8 Å². The Morgan fingerprint density at radius 2 is 1.72 bits per heavy atom. The molecule has 2 aromatic heterocycles. The summed E-state index contributed by atoms with van der Waals surface area (Å²) in [6.07, 6.45) is 1.37. The number of hydrogen-bond donors (Lipinski definition) is 2. The van der Waals surface area contributed by atoms with Gasteiger partial charge in [0, 0.05) is 35.0 Å². The molecule has 12 heteroatoms. The molecule has 274 valence electrons. The second-order valence-electron chi connectivity index (χ2n) is 14.1. The van der Waals surface area contributed by atoms with E-state index >= 15 is 4.39 Å². The van der Waals surface area contributed by atoms with E-state index in [1.165, 1.54) is 23.8 Å². The van der Waals surface area contributed by atoms with Gasteiger partial charge in [-0.15, -0.1) is 0 Å². The van der Waals surface area contributed by atoms with Crippen molar-refractivity contribution in [3.63, 3.8) is 0 Å². The van der Waals surface area contributed by atoms with Crippen molar-refractivity contribution in [2.45, 2.75) is 77.3 Å². The minimum absolute atomic E-state index is 0.0894. The number of hydrogen-bond acceptors (Lipinski definition) is 7. The molecule has 5 aromatic rings. The number of amides is 2. The molecule has 0 radical (unpaired) electrons. The number of halogens is 4. The molecule has 2 aliphatic heterocycles. The van der Waals surface area contributed by atoms with Gasteiger partial charge in [0.25, 0.3) is 6.43 Å². The number of anilines is 1. The lowest BCUT2D eigenvalue weighted by atomic mass is 9.83. The zero-order valence-corrected chi connectivity index (χ0v) is 29.7. The van der Waals surface area contributed by atoms with Crippen molar-refractivity contribution in [1.82, 2.24) is 25.2 Å². The third-order valence-electron chi connectivity index (χ3n) is 10.5. The maximum atomic E-state index is 15.3. The Bertz CT molecular complexity index is 2200. The first kappa shape index (κ1) is 36.1. The monoisotopic (exact) mass is 724 g/mol. The van der Waals surface area contributed by atoms with E-state index in [1.807, 2.05) is 12.1 Å². The van der Waals surface area contributed by atoms with Crippen molar-refractivity contribution < 1.29 is 27.2 Å². The third-order valence-corrected chi connectivity index (χ3v) is 10.5. The van der Waals surface area contributed by atoms with Crippen molar-refractivity contribution in [2.75, 3.05) is 18.4 Å². The number of imide groups is 1. The van der Waals surface area contributed by atoms with E-state index in [-0.39, 0.29) is 29.1 Å². The van der Waals surface area contributed by atoms with Gasteiger partial charge in [-0.2, -0.15) is 0 Å². The van der Waals surface area contributed by atoms with E-state index in [0.29, 0.717) is 64.7 Å². The van der Waals surface area contributed by atoms with Gasteiger partial charge in [-0.05, 0) is 100.0 Å². The molecule has 2 fully saturated rings. The van der Waals surface area contributed by atoms with E-state index in [4.69, 9.17) is 0 Å². The smallest absolute Gasteiger partial charge is 0.266 e. The molecule has 2 N–H and O–H groups in total. The summed E-state index contributed by atoms with van der Waals surface area (Å²) in [6, 6.07) is 16.2. The Morgan fingerprint density at radius 1 is 0.943 bits per heavy atom. The van der Waals surface area contributed by atoms with Crippen LogP contribution in [0.3, 0.4) is 0 Å². The Kier molecular flexibility index (Phi) is 10.2. The number of alkyl halides is 2. The lowest BCUT2D eigenvalue weighted by Gasteiger charge is -2.33. The molecule has 2 atom stereocenters. The van der Waals surface area contributed by atoms with Gasteiger partial charge >= 0.3 is 0 Å². The largest absolute Gasteiger partial charge is 0.363 e. The molecule has 4 heterocycles. The van der Waals surface area contributed by atoms with Crippen LogP contribution in [0.2, 0.25) is 0 Å². The number of piperidine rings is 2. The number of pyridine rings is 1. The molecule has 0 bridgehead atoms. The summed E-state index contributed by atoms with van der Waals surface area (Å²) in [7, 11) is 0. The number of aryl methyl sites for hydroxylation is 2. The number of carbonyl (C=O) groups excluding carboxylic acids is 2. The van der Waals surface area contributed by atoms with Crippen molar-refractivity contribution in [1.29, 1.82) is 0 Å². The predicted molar refractivity (Wildman–Crippen MR) is 194 cm³/mol. The lowest BCUT2D eigenvalue weighted by molar-refractivity contribution is -0.134. The highest BCUT2D eigenvalue weighted by molar-refractivity contribution is 6.01. The van der Waals surface area contributed by atoms with Crippen LogP contribution < -0.4 is 10.6 Å². The fraction of sp³-hybridized carbons (Fsp3) is 0.341. The minimum Gasteiger partial charge on any atom is -0.363 e. The van der Waals surface area contributed by atoms with Crippen molar-refractivity contribution in [3.8, 4) is 11.3 Å². The number of likely N-dealkylation sites (tertiary alicyclic amines) is 1. The number of nitrogens with zero attached hydrogens (tertiary/aromatic N) is 4. The van der Waals surface area contributed by atoms with Crippen molar-refractivity contribution in [3.05, 3.63) is 118 Å². The summed E-state index contributed by atoms with van der Waals surface area (Å²) in [4.78, 5) is 39.9. The van der Waals surface area contributed by atoms with Crippen molar-refractivity contribution in [2.24, 2.45) is 0 Å². The van der Waals surface area contributed by atoms with Crippen molar-refractivity contribution >= 4 is 28.5 Å². The highest BCUT2D eigenvalue weighted by Gasteiger charge is 2.29. The van der Waals surface area contributed by atoms with E-state index in [2.05, 4.69) is 49.5 Å². The van der Waals surface area contributed by atoms with Gasteiger partial charge in [-0.1, -0.05) is 36.4 Å². The molecule has 2 amide bonds. The molecular formula is C41H40F4N6O2. The quantitative estimate of drug-likeness (QED) is 0.116. The van der Waals surface area contributed by atoms with Crippen LogP contribution in [0.1, 0.15) is 96.1 Å². The Morgan fingerprint density at radius 3 is 2.45 bits per heavy atom. The van der Waals surface area contributed by atoms with Gasteiger partial charge < -0.3 is 5.32 Å². The van der Waals surface area contributed by atoms with Crippen LogP contribution in [0.4, 0.5) is 23.4 Å². The average Bonchev–Trinajstić information content (AvgIpc) is 3.12. The molecule has 2 unspecified atom stereocenters. The molecule has 2 saturated heterocycles. The highest BCUT2D eigenvalue weighted by Crippen LogP contribution is 2.35. The van der Waals surface area contributed by atoms with Crippen LogP contribution in [0.25, 0.3) is 22.2 Å². The van der Waals surface area contributed by atoms with Crippen LogP contribution >= 0.6 is 0 Å². The molecular weight excluding hydrogens is 684 g/mol. The second-order valence-corrected chi connectivity index (χ2v) is 14.1. The number of carbonyl (C=O) groups is 2. The number of benzene rings is 3. The van der Waals surface area contributed by atoms with Gasteiger partial charge in [0.05, 0.1) is 34.9 Å². The van der Waals surface area contributed by atoms with E-state index in [1.54, 1.807) is 32.2 Å². The Balaban J connectivity index is 1.05. The summed E-state index contributed by atoms with van der Waals surface area (Å²) in [5.41, 5.74) is 5.13. The normalized spacial score (nSPS) is 17.7.